The SMILES string of the molecule is CON=Cc1c(C)nn(C)c1Oc1ccc(Oc2ccc(O)cc2)cc1. The van der Waals surface area contributed by atoms with Crippen LogP contribution in [0.3, 0.4) is 0 Å². The maximum atomic E-state index is 9.30. The minimum atomic E-state index is 0.195. The second-order valence-corrected chi connectivity index (χ2v) is 5.51. The lowest BCUT2D eigenvalue weighted by atomic mass is 10.2. The molecule has 0 fully saturated rings. The summed E-state index contributed by atoms with van der Waals surface area (Å²) >= 11 is 0. The Labute approximate surface area is 151 Å². The topological polar surface area (TPSA) is 78.1 Å². The van der Waals surface area contributed by atoms with Gasteiger partial charge < -0.3 is 19.4 Å². The molecule has 134 valence electrons. The summed E-state index contributed by atoms with van der Waals surface area (Å²) in [6.45, 7) is 1.87. The summed E-state index contributed by atoms with van der Waals surface area (Å²) in [5, 5.41) is 17.4. The lowest BCUT2D eigenvalue weighted by molar-refractivity contribution is 0.215. The van der Waals surface area contributed by atoms with Gasteiger partial charge in [0.2, 0.25) is 5.88 Å². The number of aromatic nitrogens is 2. The molecule has 2 aromatic carbocycles. The van der Waals surface area contributed by atoms with Crippen LogP contribution in [0.25, 0.3) is 0 Å². The number of phenols is 1. The summed E-state index contributed by atoms with van der Waals surface area (Å²) in [4.78, 5) is 4.74. The lowest BCUT2D eigenvalue weighted by Gasteiger charge is -2.09. The summed E-state index contributed by atoms with van der Waals surface area (Å²) in [5.74, 6) is 2.69. The molecule has 1 heterocycles. The molecular weight excluding hydrogens is 334 g/mol. The number of aromatic hydroxyl groups is 1. The van der Waals surface area contributed by atoms with E-state index in [0.717, 1.165) is 11.3 Å². The fraction of sp³-hybridized carbons (Fsp3) is 0.158. The highest BCUT2D eigenvalue weighted by Gasteiger charge is 2.14. The Bertz CT molecular complexity index is 900. The number of ether oxygens (including phenoxy) is 2. The normalized spacial score (nSPS) is 10.9. The van der Waals surface area contributed by atoms with Crippen molar-refractivity contribution in [1.29, 1.82) is 0 Å². The molecule has 26 heavy (non-hydrogen) atoms. The van der Waals surface area contributed by atoms with Gasteiger partial charge in [-0.05, 0) is 55.5 Å². The van der Waals surface area contributed by atoms with E-state index >= 15 is 0 Å². The third-order valence-corrected chi connectivity index (χ3v) is 3.61. The number of rotatable bonds is 6. The number of phenolic OH excluding ortho intramolecular Hbond substituents is 1. The van der Waals surface area contributed by atoms with E-state index in [4.69, 9.17) is 14.3 Å². The van der Waals surface area contributed by atoms with Crippen LogP contribution in [0.1, 0.15) is 11.3 Å². The largest absolute Gasteiger partial charge is 0.508 e. The van der Waals surface area contributed by atoms with E-state index < -0.39 is 0 Å². The number of benzene rings is 2. The van der Waals surface area contributed by atoms with E-state index in [-0.39, 0.29) is 5.75 Å². The van der Waals surface area contributed by atoms with Crippen molar-refractivity contribution in [2.24, 2.45) is 12.2 Å². The molecule has 0 saturated carbocycles. The Morgan fingerprint density at radius 1 is 0.962 bits per heavy atom. The van der Waals surface area contributed by atoms with Gasteiger partial charge in [-0.1, -0.05) is 5.16 Å². The third-order valence-electron chi connectivity index (χ3n) is 3.61. The van der Waals surface area contributed by atoms with Crippen LogP contribution in [-0.4, -0.2) is 28.2 Å². The minimum absolute atomic E-state index is 0.195. The molecule has 1 aromatic heterocycles. The summed E-state index contributed by atoms with van der Waals surface area (Å²) in [5.41, 5.74) is 1.54. The van der Waals surface area contributed by atoms with Crippen molar-refractivity contribution in [3.05, 3.63) is 59.8 Å². The molecule has 1 N–H and O–H groups in total. The molecule has 0 saturated heterocycles. The van der Waals surface area contributed by atoms with Crippen molar-refractivity contribution in [2.75, 3.05) is 7.11 Å². The molecule has 3 aromatic rings. The summed E-state index contributed by atoms with van der Waals surface area (Å²) in [6.07, 6.45) is 1.57. The van der Waals surface area contributed by atoms with E-state index in [1.165, 1.54) is 7.11 Å². The van der Waals surface area contributed by atoms with Crippen molar-refractivity contribution >= 4 is 6.21 Å². The van der Waals surface area contributed by atoms with E-state index in [9.17, 15) is 5.11 Å². The van der Waals surface area contributed by atoms with Gasteiger partial charge in [0.1, 0.15) is 30.1 Å². The maximum Gasteiger partial charge on any atom is 0.226 e. The summed E-state index contributed by atoms with van der Waals surface area (Å²) < 4.78 is 13.3. The predicted molar refractivity (Wildman–Crippen MR) is 97.2 cm³/mol. The first-order valence-electron chi connectivity index (χ1n) is 7.91. The molecule has 0 spiro atoms. The molecule has 0 atom stereocenters. The van der Waals surface area contributed by atoms with Crippen molar-refractivity contribution < 1.29 is 19.4 Å². The van der Waals surface area contributed by atoms with Crippen molar-refractivity contribution in [3.63, 3.8) is 0 Å². The highest BCUT2D eigenvalue weighted by molar-refractivity contribution is 5.84. The monoisotopic (exact) mass is 353 g/mol. The Morgan fingerprint density at radius 3 is 2.08 bits per heavy atom. The first-order valence-corrected chi connectivity index (χ1v) is 7.91. The highest BCUT2D eigenvalue weighted by atomic mass is 16.6. The van der Waals surface area contributed by atoms with Crippen molar-refractivity contribution in [1.82, 2.24) is 9.78 Å². The van der Waals surface area contributed by atoms with Crippen LogP contribution in [0.15, 0.2) is 53.7 Å². The van der Waals surface area contributed by atoms with Gasteiger partial charge in [-0.15, -0.1) is 0 Å². The number of aryl methyl sites for hydroxylation is 2. The van der Waals surface area contributed by atoms with Crippen LogP contribution in [-0.2, 0) is 11.9 Å². The first kappa shape index (κ1) is 17.3. The summed E-state index contributed by atoms with van der Waals surface area (Å²) in [6, 6.07) is 13.7. The second-order valence-electron chi connectivity index (χ2n) is 5.51. The van der Waals surface area contributed by atoms with Crippen LogP contribution < -0.4 is 9.47 Å². The molecule has 0 unspecified atom stereocenters. The third kappa shape index (κ3) is 3.94. The van der Waals surface area contributed by atoms with Crippen LogP contribution in [0.5, 0.6) is 28.9 Å². The molecule has 0 aliphatic rings. The van der Waals surface area contributed by atoms with Crippen LogP contribution in [0.4, 0.5) is 0 Å². The van der Waals surface area contributed by atoms with Crippen LogP contribution in [0, 0.1) is 6.92 Å². The van der Waals surface area contributed by atoms with Crippen LogP contribution >= 0.6 is 0 Å². The zero-order chi connectivity index (χ0) is 18.5. The average molecular weight is 353 g/mol. The lowest BCUT2D eigenvalue weighted by Crippen LogP contribution is -1.97. The van der Waals surface area contributed by atoms with Gasteiger partial charge >= 0.3 is 0 Å². The molecule has 0 aliphatic carbocycles. The standard InChI is InChI=1S/C19H19N3O4/c1-13-18(12-20-24-3)19(22(2)21-13)26-17-10-8-16(9-11-17)25-15-6-4-14(23)5-7-15/h4-12,23H,1-3H3. The highest BCUT2D eigenvalue weighted by Crippen LogP contribution is 2.29. The van der Waals surface area contributed by atoms with Gasteiger partial charge in [0.25, 0.3) is 0 Å². The van der Waals surface area contributed by atoms with Gasteiger partial charge in [-0.3, -0.25) is 0 Å². The zero-order valence-corrected chi connectivity index (χ0v) is 14.7. The Kier molecular flexibility index (Phi) is 5.07. The Hall–Kier alpha value is -3.48. The molecular formula is C19H19N3O4. The van der Waals surface area contributed by atoms with Gasteiger partial charge in [-0.2, -0.15) is 5.10 Å². The van der Waals surface area contributed by atoms with E-state index in [2.05, 4.69) is 10.3 Å². The summed E-state index contributed by atoms with van der Waals surface area (Å²) in [7, 11) is 3.28. The van der Waals surface area contributed by atoms with Gasteiger partial charge in [0, 0.05) is 7.05 Å². The fourth-order valence-corrected chi connectivity index (χ4v) is 2.37. The van der Waals surface area contributed by atoms with E-state index in [0.29, 0.717) is 23.1 Å². The smallest absolute Gasteiger partial charge is 0.226 e. The van der Waals surface area contributed by atoms with E-state index in [1.54, 1.807) is 66.5 Å². The quantitative estimate of drug-likeness (QED) is 0.535. The number of hydrogen-bond acceptors (Lipinski definition) is 6. The molecule has 3 rings (SSSR count). The number of nitrogens with zero attached hydrogens (tertiary/aromatic N) is 3. The second kappa shape index (κ2) is 7.60. The Morgan fingerprint density at radius 2 is 1.50 bits per heavy atom. The first-order chi connectivity index (χ1) is 12.6. The average Bonchev–Trinajstić information content (AvgIpc) is 2.90. The van der Waals surface area contributed by atoms with Crippen molar-refractivity contribution in [2.45, 2.75) is 6.92 Å². The molecule has 7 heteroatoms. The molecule has 0 amide bonds. The van der Waals surface area contributed by atoms with E-state index in [1.807, 2.05) is 6.92 Å². The van der Waals surface area contributed by atoms with Gasteiger partial charge in [-0.25, -0.2) is 4.68 Å². The maximum absolute atomic E-state index is 9.30. The molecule has 0 radical (unpaired) electrons. The molecule has 0 aliphatic heterocycles. The van der Waals surface area contributed by atoms with Crippen LogP contribution in [0.2, 0.25) is 0 Å². The zero-order valence-electron chi connectivity index (χ0n) is 14.7. The predicted octanol–water partition coefficient (Wildman–Crippen LogP) is 4.00. The van der Waals surface area contributed by atoms with Gasteiger partial charge in [0.15, 0.2) is 0 Å². The number of hydrogen-bond donors (Lipinski definition) is 1. The van der Waals surface area contributed by atoms with Gasteiger partial charge in [0.05, 0.1) is 17.5 Å². The fourth-order valence-electron chi connectivity index (χ4n) is 2.37. The number of oxime groups is 1. The molecule has 0 bridgehead atoms. The Balaban J connectivity index is 1.75. The molecule has 7 nitrogen and oxygen atoms in total. The van der Waals surface area contributed by atoms with Crippen molar-refractivity contribution in [3.8, 4) is 28.9 Å². The minimum Gasteiger partial charge on any atom is -0.508 e.